The number of benzene rings is 1. The van der Waals surface area contributed by atoms with E-state index in [-0.39, 0.29) is 0 Å². The van der Waals surface area contributed by atoms with Crippen LogP contribution < -0.4 is 4.90 Å². The van der Waals surface area contributed by atoms with Crippen LogP contribution in [0.25, 0.3) is 11.3 Å². The summed E-state index contributed by atoms with van der Waals surface area (Å²) in [6.45, 7) is 2.34. The van der Waals surface area contributed by atoms with Crippen LogP contribution in [0, 0.1) is 11.3 Å². The van der Waals surface area contributed by atoms with Crippen LogP contribution in [0.15, 0.2) is 40.9 Å². The van der Waals surface area contributed by atoms with E-state index in [4.69, 9.17) is 4.42 Å². The minimum Gasteiger partial charge on any atom is -0.423 e. The first kappa shape index (κ1) is 14.6. The van der Waals surface area contributed by atoms with Gasteiger partial charge in [-0.1, -0.05) is 43.7 Å². The molecule has 0 N–H and O–H groups in total. The van der Waals surface area contributed by atoms with E-state index in [2.05, 4.69) is 41.1 Å². The summed E-state index contributed by atoms with van der Waals surface area (Å²) in [6.07, 6.45) is 11.5. The maximum Gasteiger partial charge on any atom is 0.298 e. The number of anilines is 1. The van der Waals surface area contributed by atoms with Gasteiger partial charge >= 0.3 is 0 Å². The van der Waals surface area contributed by atoms with Gasteiger partial charge in [0.15, 0.2) is 5.76 Å². The Labute approximate surface area is 144 Å². The Morgan fingerprint density at radius 1 is 1.12 bits per heavy atom. The molecule has 4 fully saturated rings. The smallest absolute Gasteiger partial charge is 0.298 e. The molecule has 0 radical (unpaired) electrons. The molecule has 2 aliphatic heterocycles. The van der Waals surface area contributed by atoms with Gasteiger partial charge in [-0.25, -0.2) is 4.98 Å². The normalized spacial score (nSPS) is 34.0. The first-order chi connectivity index (χ1) is 11.8. The Hall–Kier alpha value is -1.77. The van der Waals surface area contributed by atoms with Crippen LogP contribution in [0.2, 0.25) is 0 Å². The molecule has 2 saturated heterocycles. The lowest BCUT2D eigenvalue weighted by Crippen LogP contribution is -2.62. The van der Waals surface area contributed by atoms with Gasteiger partial charge in [0.25, 0.3) is 6.01 Å². The van der Waals surface area contributed by atoms with Gasteiger partial charge in [0, 0.05) is 17.6 Å². The number of piperidine rings is 2. The molecule has 4 aliphatic rings. The maximum atomic E-state index is 6.20. The highest BCUT2D eigenvalue weighted by molar-refractivity contribution is 5.57. The Balaban J connectivity index is 1.44. The Morgan fingerprint density at radius 2 is 1.88 bits per heavy atom. The third kappa shape index (κ3) is 2.21. The van der Waals surface area contributed by atoms with Gasteiger partial charge in [-0.2, -0.15) is 0 Å². The van der Waals surface area contributed by atoms with Crippen molar-refractivity contribution in [3.63, 3.8) is 0 Å². The van der Waals surface area contributed by atoms with Gasteiger partial charge in [-0.15, -0.1) is 0 Å². The van der Waals surface area contributed by atoms with E-state index < -0.39 is 0 Å². The lowest BCUT2D eigenvalue weighted by molar-refractivity contribution is -0.00505. The third-order valence-corrected chi connectivity index (χ3v) is 6.61. The highest BCUT2D eigenvalue weighted by Gasteiger charge is 2.54. The van der Waals surface area contributed by atoms with E-state index in [1.807, 2.05) is 12.3 Å². The molecule has 2 saturated carbocycles. The highest BCUT2D eigenvalue weighted by atomic mass is 16.4. The molecule has 126 valence electrons. The van der Waals surface area contributed by atoms with Crippen molar-refractivity contribution in [2.75, 3.05) is 4.90 Å². The molecule has 3 nitrogen and oxygen atoms in total. The molecule has 0 spiro atoms. The predicted octanol–water partition coefficient (Wildman–Crippen LogP) is 5.28. The second kappa shape index (κ2) is 5.37. The number of aromatic nitrogens is 1. The molecule has 1 aromatic heterocycles. The molecule has 1 aromatic carbocycles. The average Bonchev–Trinajstić information content (AvgIpc) is 3.04. The second-order valence-corrected chi connectivity index (χ2v) is 8.29. The summed E-state index contributed by atoms with van der Waals surface area (Å²) in [6, 6.07) is 12.5. The Kier molecular flexibility index (Phi) is 3.26. The van der Waals surface area contributed by atoms with Crippen LogP contribution in [-0.2, 0) is 0 Å². The van der Waals surface area contributed by atoms with Gasteiger partial charge in [0.1, 0.15) is 0 Å². The fourth-order valence-electron chi connectivity index (χ4n) is 6.05. The summed E-state index contributed by atoms with van der Waals surface area (Å²) < 4.78 is 6.20. The zero-order chi connectivity index (χ0) is 16.1. The highest BCUT2D eigenvalue weighted by Crippen LogP contribution is 2.58. The summed E-state index contributed by atoms with van der Waals surface area (Å²) in [5, 5.41) is 0. The van der Waals surface area contributed by atoms with Crippen molar-refractivity contribution in [3.8, 4) is 11.3 Å². The zero-order valence-electron chi connectivity index (χ0n) is 14.4. The summed E-state index contributed by atoms with van der Waals surface area (Å²) in [5.74, 6) is 1.83. The molecule has 3 heteroatoms. The van der Waals surface area contributed by atoms with Crippen molar-refractivity contribution in [1.29, 1.82) is 0 Å². The molecular formula is C21H26N2O. The number of hydrogen-bond acceptors (Lipinski definition) is 3. The van der Waals surface area contributed by atoms with Gasteiger partial charge in [0.05, 0.1) is 6.20 Å². The topological polar surface area (TPSA) is 29.3 Å². The molecule has 6 rings (SSSR count). The predicted molar refractivity (Wildman–Crippen MR) is 95.9 cm³/mol. The zero-order valence-corrected chi connectivity index (χ0v) is 14.4. The summed E-state index contributed by atoms with van der Waals surface area (Å²) in [5.41, 5.74) is 1.74. The summed E-state index contributed by atoms with van der Waals surface area (Å²) in [7, 11) is 0. The van der Waals surface area contributed by atoms with Gasteiger partial charge in [0.2, 0.25) is 0 Å². The molecule has 24 heavy (non-hydrogen) atoms. The van der Waals surface area contributed by atoms with E-state index >= 15 is 0 Å². The van der Waals surface area contributed by atoms with Crippen molar-refractivity contribution in [1.82, 2.24) is 4.98 Å². The van der Waals surface area contributed by atoms with Crippen LogP contribution in [0.4, 0.5) is 6.01 Å². The average molecular weight is 322 g/mol. The fourth-order valence-corrected chi connectivity index (χ4v) is 6.05. The number of nitrogens with zero attached hydrogens (tertiary/aromatic N) is 2. The third-order valence-electron chi connectivity index (χ3n) is 6.61. The first-order valence-corrected chi connectivity index (χ1v) is 9.56. The fraction of sp³-hybridized carbons (Fsp3) is 0.571. The molecule has 4 bridgehead atoms. The molecule has 0 amide bonds. The molecule has 3 heterocycles. The van der Waals surface area contributed by atoms with Crippen molar-refractivity contribution in [3.05, 3.63) is 36.5 Å². The first-order valence-electron chi connectivity index (χ1n) is 9.56. The number of hydrogen-bond donors (Lipinski definition) is 0. The standard InChI is InChI=1S/C21H26N2O/c1-2-8-21-11-15-9-17(12-21)23(18(10-15)13-21)20-22-14-19(24-20)16-6-4-3-5-7-16/h3-7,14-15,17-18H,2,8-13H2,1H3. The van der Waals surface area contributed by atoms with Gasteiger partial charge in [-0.05, 0) is 49.9 Å². The van der Waals surface area contributed by atoms with Crippen LogP contribution >= 0.6 is 0 Å². The number of oxazole rings is 1. The molecule has 2 aliphatic carbocycles. The van der Waals surface area contributed by atoms with E-state index in [0.717, 1.165) is 23.3 Å². The quantitative estimate of drug-likeness (QED) is 0.767. The Morgan fingerprint density at radius 3 is 2.58 bits per heavy atom. The van der Waals surface area contributed by atoms with Crippen LogP contribution in [-0.4, -0.2) is 17.1 Å². The van der Waals surface area contributed by atoms with E-state index in [1.54, 1.807) is 0 Å². The van der Waals surface area contributed by atoms with Crippen LogP contribution in [0.3, 0.4) is 0 Å². The molecule has 2 aromatic rings. The van der Waals surface area contributed by atoms with Gasteiger partial charge in [-0.3, -0.25) is 0 Å². The molecule has 2 unspecified atom stereocenters. The SMILES string of the molecule is CCCC12CC3CC(C1)N(c1ncc(-c4ccccc4)o1)C(C3)C2. The lowest BCUT2D eigenvalue weighted by Gasteiger charge is -2.61. The summed E-state index contributed by atoms with van der Waals surface area (Å²) in [4.78, 5) is 7.20. The van der Waals surface area contributed by atoms with E-state index in [9.17, 15) is 0 Å². The van der Waals surface area contributed by atoms with Gasteiger partial charge < -0.3 is 9.32 Å². The van der Waals surface area contributed by atoms with Crippen LogP contribution in [0.1, 0.15) is 51.9 Å². The molecule has 2 atom stereocenters. The van der Waals surface area contributed by atoms with Crippen molar-refractivity contribution >= 4 is 6.01 Å². The monoisotopic (exact) mass is 322 g/mol. The van der Waals surface area contributed by atoms with Crippen molar-refractivity contribution in [2.45, 2.75) is 64.0 Å². The van der Waals surface area contributed by atoms with Crippen LogP contribution in [0.5, 0.6) is 0 Å². The van der Waals surface area contributed by atoms with Crippen molar-refractivity contribution in [2.24, 2.45) is 11.3 Å². The van der Waals surface area contributed by atoms with Crippen molar-refractivity contribution < 1.29 is 4.42 Å². The lowest BCUT2D eigenvalue weighted by atomic mass is 9.54. The minimum atomic E-state index is 0.622. The Bertz CT molecular complexity index is 706. The van der Waals surface area contributed by atoms with E-state index in [1.165, 1.54) is 44.9 Å². The maximum absolute atomic E-state index is 6.20. The number of rotatable bonds is 4. The summed E-state index contributed by atoms with van der Waals surface area (Å²) >= 11 is 0. The molecular weight excluding hydrogens is 296 g/mol. The second-order valence-electron chi connectivity index (χ2n) is 8.29. The van der Waals surface area contributed by atoms with E-state index in [0.29, 0.717) is 17.5 Å². The largest absolute Gasteiger partial charge is 0.423 e. The minimum absolute atomic E-state index is 0.622.